The van der Waals surface area contributed by atoms with Crippen molar-refractivity contribution >= 4 is 11.3 Å². The maximum absolute atomic E-state index is 3.34. The molecule has 12 heavy (non-hydrogen) atoms. The van der Waals surface area contributed by atoms with Gasteiger partial charge in [0.05, 0.1) is 0 Å². The van der Waals surface area contributed by atoms with Gasteiger partial charge in [0.15, 0.2) is 0 Å². The van der Waals surface area contributed by atoms with Crippen molar-refractivity contribution in [2.24, 2.45) is 0 Å². The summed E-state index contributed by atoms with van der Waals surface area (Å²) in [6.45, 7) is 2.26. The molecular formula is C10H13NS. The fourth-order valence-corrected chi connectivity index (χ4v) is 2.11. The van der Waals surface area contributed by atoms with Gasteiger partial charge in [-0.05, 0) is 41.8 Å². The summed E-state index contributed by atoms with van der Waals surface area (Å²) in [6, 6.07) is 2.20. The molecule has 0 bridgehead atoms. The van der Waals surface area contributed by atoms with Gasteiger partial charge in [-0.3, -0.25) is 0 Å². The van der Waals surface area contributed by atoms with Crippen LogP contribution in [0.5, 0.6) is 0 Å². The minimum atomic E-state index is 1.10. The monoisotopic (exact) mass is 179 g/mol. The molecule has 1 N–H and O–H groups in total. The Morgan fingerprint density at radius 1 is 1.58 bits per heavy atom. The number of nitrogens with one attached hydrogen (secondary N) is 1. The van der Waals surface area contributed by atoms with Crippen LogP contribution in [-0.4, -0.2) is 13.1 Å². The van der Waals surface area contributed by atoms with Crippen LogP contribution in [-0.2, 0) is 6.42 Å². The number of rotatable bonds is 2. The summed E-state index contributed by atoms with van der Waals surface area (Å²) in [5.41, 5.74) is 3.01. The van der Waals surface area contributed by atoms with Crippen LogP contribution in [0.4, 0.5) is 0 Å². The standard InChI is InChI=1S/C10H13NS/c1(9-3-5-11-7-9)2-10-4-6-12-8-10/h1,4,6,8,11H,2-3,5,7H2. The van der Waals surface area contributed by atoms with Gasteiger partial charge in [-0.2, -0.15) is 11.3 Å². The first kappa shape index (κ1) is 8.02. The molecule has 1 fully saturated rings. The van der Waals surface area contributed by atoms with Crippen LogP contribution >= 0.6 is 11.3 Å². The van der Waals surface area contributed by atoms with E-state index in [4.69, 9.17) is 0 Å². The lowest BCUT2D eigenvalue weighted by molar-refractivity contribution is 0.862. The quantitative estimate of drug-likeness (QED) is 0.686. The van der Waals surface area contributed by atoms with E-state index in [1.807, 2.05) is 0 Å². The average molecular weight is 179 g/mol. The van der Waals surface area contributed by atoms with Crippen molar-refractivity contribution in [2.45, 2.75) is 12.8 Å². The first-order chi connectivity index (χ1) is 5.95. The Balaban J connectivity index is 1.92. The Hall–Kier alpha value is -0.600. The summed E-state index contributed by atoms with van der Waals surface area (Å²) < 4.78 is 0. The number of hydrogen-bond acceptors (Lipinski definition) is 2. The fraction of sp³-hybridized carbons (Fsp3) is 0.400. The summed E-state index contributed by atoms with van der Waals surface area (Å²) in [4.78, 5) is 0. The highest BCUT2D eigenvalue weighted by Gasteiger charge is 2.03. The summed E-state index contributed by atoms with van der Waals surface area (Å²) in [6.07, 6.45) is 4.71. The molecule has 1 nitrogen and oxygen atoms in total. The van der Waals surface area contributed by atoms with E-state index in [-0.39, 0.29) is 0 Å². The highest BCUT2D eigenvalue weighted by Crippen LogP contribution is 2.11. The summed E-state index contributed by atoms with van der Waals surface area (Å²) in [5.74, 6) is 0. The van der Waals surface area contributed by atoms with E-state index in [1.165, 1.54) is 12.0 Å². The first-order valence-electron chi connectivity index (χ1n) is 4.35. The van der Waals surface area contributed by atoms with E-state index in [2.05, 4.69) is 28.2 Å². The third kappa shape index (κ3) is 1.96. The Labute approximate surface area is 77.1 Å². The van der Waals surface area contributed by atoms with Gasteiger partial charge >= 0.3 is 0 Å². The van der Waals surface area contributed by atoms with Crippen LogP contribution in [0.1, 0.15) is 12.0 Å². The molecular weight excluding hydrogens is 166 g/mol. The lowest BCUT2D eigenvalue weighted by atomic mass is 10.1. The molecule has 0 aromatic carbocycles. The molecule has 0 spiro atoms. The van der Waals surface area contributed by atoms with Crippen LogP contribution in [0.3, 0.4) is 0 Å². The van der Waals surface area contributed by atoms with Crippen molar-refractivity contribution in [1.82, 2.24) is 5.32 Å². The lowest BCUT2D eigenvalue weighted by Crippen LogP contribution is -2.04. The molecule has 0 atom stereocenters. The van der Waals surface area contributed by atoms with Gasteiger partial charge in [0.2, 0.25) is 0 Å². The molecule has 0 saturated carbocycles. The third-order valence-corrected chi connectivity index (χ3v) is 2.91. The van der Waals surface area contributed by atoms with Crippen LogP contribution in [0, 0.1) is 0 Å². The molecule has 1 aromatic rings. The Kier molecular flexibility index (Phi) is 2.59. The Bertz CT molecular complexity index is 253. The highest BCUT2D eigenvalue weighted by molar-refractivity contribution is 7.07. The maximum Gasteiger partial charge on any atom is 0.0165 e. The maximum atomic E-state index is 3.34. The third-order valence-electron chi connectivity index (χ3n) is 2.18. The summed E-state index contributed by atoms with van der Waals surface area (Å²) in [7, 11) is 0. The zero-order valence-electron chi connectivity index (χ0n) is 7.05. The lowest BCUT2D eigenvalue weighted by Gasteiger charge is -1.93. The summed E-state index contributed by atoms with van der Waals surface area (Å²) >= 11 is 1.78. The second kappa shape index (κ2) is 3.87. The Morgan fingerprint density at radius 2 is 2.58 bits per heavy atom. The van der Waals surface area contributed by atoms with Gasteiger partial charge in [-0.1, -0.05) is 11.6 Å². The molecule has 2 rings (SSSR count). The largest absolute Gasteiger partial charge is 0.313 e. The topological polar surface area (TPSA) is 12.0 Å². The van der Waals surface area contributed by atoms with Crippen LogP contribution < -0.4 is 5.32 Å². The molecule has 2 heteroatoms. The first-order valence-corrected chi connectivity index (χ1v) is 5.29. The second-order valence-corrected chi connectivity index (χ2v) is 3.90. The van der Waals surface area contributed by atoms with E-state index in [0.717, 1.165) is 19.5 Å². The minimum absolute atomic E-state index is 1.10. The van der Waals surface area contributed by atoms with Gasteiger partial charge in [0.1, 0.15) is 0 Å². The van der Waals surface area contributed by atoms with Gasteiger partial charge in [0.25, 0.3) is 0 Å². The van der Waals surface area contributed by atoms with Crippen LogP contribution in [0.2, 0.25) is 0 Å². The molecule has 0 radical (unpaired) electrons. The van der Waals surface area contributed by atoms with Crippen molar-refractivity contribution in [3.63, 3.8) is 0 Å². The molecule has 1 aromatic heterocycles. The normalized spacial score (nSPS) is 20.5. The molecule has 0 unspecified atom stereocenters. The van der Waals surface area contributed by atoms with Crippen molar-refractivity contribution in [2.75, 3.05) is 13.1 Å². The Morgan fingerprint density at radius 3 is 3.25 bits per heavy atom. The van der Waals surface area contributed by atoms with Crippen LogP contribution in [0.25, 0.3) is 0 Å². The molecule has 0 aliphatic carbocycles. The molecule has 1 aliphatic rings. The predicted molar refractivity (Wildman–Crippen MR) is 53.6 cm³/mol. The number of allylic oxidation sites excluding steroid dienone is 1. The highest BCUT2D eigenvalue weighted by atomic mass is 32.1. The van der Waals surface area contributed by atoms with Crippen molar-refractivity contribution in [1.29, 1.82) is 0 Å². The summed E-state index contributed by atoms with van der Waals surface area (Å²) in [5, 5.41) is 7.70. The van der Waals surface area contributed by atoms with E-state index < -0.39 is 0 Å². The number of hydrogen-bond donors (Lipinski definition) is 1. The zero-order chi connectivity index (χ0) is 8.23. The van der Waals surface area contributed by atoms with Crippen molar-refractivity contribution in [3.05, 3.63) is 34.0 Å². The van der Waals surface area contributed by atoms with Crippen LogP contribution in [0.15, 0.2) is 28.5 Å². The molecule has 2 heterocycles. The van der Waals surface area contributed by atoms with Crippen molar-refractivity contribution in [3.8, 4) is 0 Å². The van der Waals surface area contributed by atoms with E-state index in [9.17, 15) is 0 Å². The minimum Gasteiger partial charge on any atom is -0.313 e. The predicted octanol–water partition coefficient (Wildman–Crippen LogP) is 2.21. The van der Waals surface area contributed by atoms with E-state index in [1.54, 1.807) is 16.9 Å². The molecule has 1 aliphatic heterocycles. The average Bonchev–Trinajstić information content (AvgIpc) is 2.74. The smallest absolute Gasteiger partial charge is 0.0165 e. The van der Waals surface area contributed by atoms with E-state index >= 15 is 0 Å². The van der Waals surface area contributed by atoms with Gasteiger partial charge in [0, 0.05) is 6.54 Å². The zero-order valence-corrected chi connectivity index (χ0v) is 7.86. The SMILES string of the molecule is C(Cc1ccsc1)=C1CCNC1. The van der Waals surface area contributed by atoms with Crippen molar-refractivity contribution < 1.29 is 0 Å². The van der Waals surface area contributed by atoms with Gasteiger partial charge in [-0.15, -0.1) is 0 Å². The van der Waals surface area contributed by atoms with Gasteiger partial charge in [-0.25, -0.2) is 0 Å². The molecule has 0 amide bonds. The fourth-order valence-electron chi connectivity index (χ4n) is 1.43. The van der Waals surface area contributed by atoms with E-state index in [0.29, 0.717) is 0 Å². The molecule has 64 valence electrons. The van der Waals surface area contributed by atoms with Gasteiger partial charge < -0.3 is 5.32 Å². The molecule has 1 saturated heterocycles. The number of thiophene rings is 1. The second-order valence-electron chi connectivity index (χ2n) is 3.12.